The van der Waals surface area contributed by atoms with E-state index in [0.29, 0.717) is 35.9 Å². The van der Waals surface area contributed by atoms with Crippen LogP contribution in [0, 0.1) is 0 Å². The summed E-state index contributed by atoms with van der Waals surface area (Å²) in [6.07, 6.45) is 2.00. The highest BCUT2D eigenvalue weighted by Gasteiger charge is 2.26. The highest BCUT2D eigenvalue weighted by molar-refractivity contribution is 5.78. The zero-order valence-electron chi connectivity index (χ0n) is 23.4. The fraction of sp³-hybridized carbons (Fsp3) is 0.219. The molecular formula is C32H31N5O5. The lowest BCUT2D eigenvalue weighted by Gasteiger charge is -2.15. The Labute approximate surface area is 242 Å². The van der Waals surface area contributed by atoms with E-state index >= 15 is 0 Å². The molecule has 0 radical (unpaired) electrons. The smallest absolute Gasteiger partial charge is 0.287 e. The van der Waals surface area contributed by atoms with E-state index in [1.54, 1.807) is 29.5 Å². The zero-order valence-corrected chi connectivity index (χ0v) is 23.4. The van der Waals surface area contributed by atoms with Gasteiger partial charge < -0.3 is 23.9 Å². The average molecular weight is 566 g/mol. The number of nitrogens with zero attached hydrogens (tertiary/aromatic N) is 5. The van der Waals surface area contributed by atoms with E-state index in [4.69, 9.17) is 19.2 Å². The van der Waals surface area contributed by atoms with Crippen molar-refractivity contribution in [2.24, 2.45) is 0 Å². The molecule has 6 rings (SSSR count). The average Bonchev–Trinajstić information content (AvgIpc) is 3.57. The number of hydrogen-bond acceptors (Lipinski definition) is 7. The molecule has 0 aliphatic rings. The van der Waals surface area contributed by atoms with E-state index in [2.05, 4.69) is 9.55 Å². The lowest BCUT2D eigenvalue weighted by molar-refractivity contribution is 0.0499. The Morgan fingerprint density at radius 3 is 2.33 bits per heavy atom. The highest BCUT2D eigenvalue weighted by Crippen LogP contribution is 2.38. The summed E-state index contributed by atoms with van der Waals surface area (Å²) in [5.41, 5.74) is 4.75. The second-order valence-electron chi connectivity index (χ2n) is 9.80. The predicted octanol–water partition coefficient (Wildman–Crippen LogP) is 4.14. The Morgan fingerprint density at radius 2 is 1.64 bits per heavy atom. The topological polar surface area (TPSA) is 105 Å². The van der Waals surface area contributed by atoms with E-state index < -0.39 is 0 Å². The molecule has 0 saturated carbocycles. The number of methoxy groups -OCH3 is 2. The van der Waals surface area contributed by atoms with Crippen LogP contribution in [0.15, 0.2) is 90.0 Å². The molecule has 0 bridgehead atoms. The number of imidazole rings is 2. The van der Waals surface area contributed by atoms with Crippen LogP contribution in [-0.2, 0) is 24.4 Å². The van der Waals surface area contributed by atoms with E-state index in [1.807, 2.05) is 78.9 Å². The predicted molar refractivity (Wildman–Crippen MR) is 159 cm³/mol. The van der Waals surface area contributed by atoms with Gasteiger partial charge in [-0.15, -0.1) is 0 Å². The molecule has 1 N–H and O–H groups in total. The van der Waals surface area contributed by atoms with Crippen molar-refractivity contribution in [2.75, 3.05) is 27.4 Å². The molecule has 10 heteroatoms. The van der Waals surface area contributed by atoms with Crippen molar-refractivity contribution < 1.29 is 19.3 Å². The van der Waals surface area contributed by atoms with Gasteiger partial charge >= 0.3 is 0 Å². The van der Waals surface area contributed by atoms with Crippen molar-refractivity contribution in [1.82, 2.24) is 23.5 Å². The van der Waals surface area contributed by atoms with Gasteiger partial charge in [-0.05, 0) is 29.3 Å². The van der Waals surface area contributed by atoms with Gasteiger partial charge in [0.2, 0.25) is 5.78 Å². The monoisotopic (exact) mass is 565 g/mol. The van der Waals surface area contributed by atoms with Crippen molar-refractivity contribution in [3.63, 3.8) is 0 Å². The van der Waals surface area contributed by atoms with Crippen molar-refractivity contribution in [2.45, 2.75) is 19.7 Å². The van der Waals surface area contributed by atoms with E-state index in [1.165, 1.54) is 0 Å². The van der Waals surface area contributed by atoms with Crippen LogP contribution in [0.25, 0.3) is 28.2 Å². The van der Waals surface area contributed by atoms with Crippen molar-refractivity contribution in [3.05, 3.63) is 112 Å². The van der Waals surface area contributed by atoms with Gasteiger partial charge in [-0.3, -0.25) is 9.36 Å². The maximum atomic E-state index is 14.3. The summed E-state index contributed by atoms with van der Waals surface area (Å²) in [4.78, 5) is 23.7. The van der Waals surface area contributed by atoms with Gasteiger partial charge in [0, 0.05) is 12.0 Å². The first-order valence-corrected chi connectivity index (χ1v) is 13.6. The molecule has 3 aromatic heterocycles. The molecule has 0 spiro atoms. The van der Waals surface area contributed by atoms with Crippen molar-refractivity contribution in [3.8, 4) is 22.8 Å². The van der Waals surface area contributed by atoms with E-state index in [-0.39, 0.29) is 31.0 Å². The Hall–Kier alpha value is -4.93. The van der Waals surface area contributed by atoms with Crippen LogP contribution in [0.1, 0.15) is 16.8 Å². The van der Waals surface area contributed by atoms with Crippen LogP contribution < -0.4 is 15.0 Å². The Bertz CT molecular complexity index is 1890. The van der Waals surface area contributed by atoms with Crippen molar-refractivity contribution in [1.29, 1.82) is 0 Å². The molecule has 0 aliphatic heterocycles. The van der Waals surface area contributed by atoms with Crippen LogP contribution in [0.4, 0.5) is 0 Å². The maximum absolute atomic E-state index is 14.3. The largest absolute Gasteiger partial charge is 0.497 e. The third-order valence-electron chi connectivity index (χ3n) is 7.20. The van der Waals surface area contributed by atoms with Crippen LogP contribution >= 0.6 is 0 Å². The number of fused-ring (bicyclic) bond motifs is 2. The van der Waals surface area contributed by atoms with Crippen LogP contribution in [0.5, 0.6) is 11.5 Å². The fourth-order valence-electron chi connectivity index (χ4n) is 5.26. The zero-order chi connectivity index (χ0) is 29.1. The summed E-state index contributed by atoms with van der Waals surface area (Å²) in [5.74, 6) is 1.76. The Balaban J connectivity index is 1.71. The molecule has 6 aromatic rings. The molecule has 0 aliphatic carbocycles. The first kappa shape index (κ1) is 27.3. The molecule has 3 heterocycles. The van der Waals surface area contributed by atoms with Crippen LogP contribution in [-0.4, -0.2) is 56.0 Å². The Kier molecular flexibility index (Phi) is 7.72. The molecular weight excluding hydrogens is 534 g/mol. The minimum Gasteiger partial charge on any atom is -0.497 e. The summed E-state index contributed by atoms with van der Waals surface area (Å²) in [7, 11) is 3.25. The number of aromatic nitrogens is 5. The minimum absolute atomic E-state index is 0.104. The third kappa shape index (κ3) is 5.02. The fourth-order valence-corrected chi connectivity index (χ4v) is 5.26. The SMILES string of the molecule is COc1ccc(OC)c(-c2c(Cc3ccccc3)n3c(=O)c4ncn(COCCO)c4nc3n2Cc2ccccc2)c1. The molecule has 0 unspecified atom stereocenters. The third-order valence-corrected chi connectivity index (χ3v) is 7.20. The second kappa shape index (κ2) is 11.9. The number of rotatable bonds is 11. The molecule has 214 valence electrons. The van der Waals surface area contributed by atoms with Gasteiger partial charge in [-0.2, -0.15) is 4.98 Å². The highest BCUT2D eigenvalue weighted by atomic mass is 16.5. The van der Waals surface area contributed by atoms with Crippen LogP contribution in [0.2, 0.25) is 0 Å². The number of ether oxygens (including phenoxy) is 3. The molecule has 0 atom stereocenters. The van der Waals surface area contributed by atoms with E-state index in [0.717, 1.165) is 28.1 Å². The molecule has 10 nitrogen and oxygen atoms in total. The second-order valence-corrected chi connectivity index (χ2v) is 9.80. The number of hydrogen-bond donors (Lipinski definition) is 1. The quantitative estimate of drug-likeness (QED) is 0.236. The standard InChI is InChI=1S/C32H31N5O5/c1-40-24-13-14-27(41-2)25(18-24)29-26(17-22-9-5-3-6-10-22)37-31(39)28-30(35(20-33-28)21-42-16-15-38)34-32(37)36(29)19-23-11-7-4-8-12-23/h3-14,18,20,38H,15-17,19,21H2,1-2H3. The summed E-state index contributed by atoms with van der Waals surface area (Å²) in [6.45, 7) is 0.599. The summed E-state index contributed by atoms with van der Waals surface area (Å²) in [5, 5.41) is 9.17. The maximum Gasteiger partial charge on any atom is 0.287 e. The molecule has 0 amide bonds. The van der Waals surface area contributed by atoms with Crippen LogP contribution in [0.3, 0.4) is 0 Å². The lowest BCUT2D eigenvalue weighted by atomic mass is 10.0. The minimum atomic E-state index is -0.281. The van der Waals surface area contributed by atoms with Crippen molar-refractivity contribution >= 4 is 16.9 Å². The first-order valence-electron chi connectivity index (χ1n) is 13.6. The lowest BCUT2D eigenvalue weighted by Crippen LogP contribution is -2.18. The Morgan fingerprint density at radius 1 is 0.905 bits per heavy atom. The summed E-state index contributed by atoms with van der Waals surface area (Å²) >= 11 is 0. The number of aliphatic hydroxyl groups is 1. The molecule has 0 saturated heterocycles. The van der Waals surface area contributed by atoms with Gasteiger partial charge in [0.25, 0.3) is 5.56 Å². The number of benzene rings is 3. The van der Waals surface area contributed by atoms with Gasteiger partial charge in [0.05, 0.1) is 51.7 Å². The normalized spacial score (nSPS) is 11.4. The number of aliphatic hydroxyl groups excluding tert-OH is 1. The van der Waals surface area contributed by atoms with Gasteiger partial charge in [0.15, 0.2) is 11.2 Å². The van der Waals surface area contributed by atoms with Gasteiger partial charge in [-0.25, -0.2) is 9.38 Å². The molecule has 42 heavy (non-hydrogen) atoms. The summed E-state index contributed by atoms with van der Waals surface area (Å²) in [6, 6.07) is 25.7. The van der Waals surface area contributed by atoms with E-state index in [9.17, 15) is 9.90 Å². The van der Waals surface area contributed by atoms with Gasteiger partial charge in [0.1, 0.15) is 18.2 Å². The summed E-state index contributed by atoms with van der Waals surface area (Å²) < 4.78 is 22.4. The molecule has 3 aromatic carbocycles. The first-order chi connectivity index (χ1) is 20.6. The molecule has 0 fully saturated rings. The van der Waals surface area contributed by atoms with Gasteiger partial charge in [-0.1, -0.05) is 60.7 Å².